The van der Waals surface area contributed by atoms with E-state index in [0.717, 1.165) is 55.4 Å². The number of hydrogen-bond donors (Lipinski definition) is 0. The van der Waals surface area contributed by atoms with Gasteiger partial charge in [0, 0.05) is 34.3 Å². The van der Waals surface area contributed by atoms with Crippen LogP contribution in [0.4, 0.5) is 0 Å². The molecule has 0 N–H and O–H groups in total. The Bertz CT molecular complexity index is 1890. The molecule has 0 saturated carbocycles. The Kier molecular flexibility index (Phi) is 4.78. The number of fused-ring (bicyclic) bond motifs is 3. The monoisotopic (exact) mass is 459 g/mol. The molecule has 3 aromatic heterocycles. The first-order chi connectivity index (χ1) is 17.8. The second-order valence-corrected chi connectivity index (χ2v) is 9.01. The van der Waals surface area contributed by atoms with Crippen LogP contribution in [-0.4, -0.2) is 15.0 Å². The first-order valence-corrected chi connectivity index (χ1v) is 12.0. The summed E-state index contributed by atoms with van der Waals surface area (Å²) in [6, 6.07) is 40.3. The van der Waals surface area contributed by atoms with Crippen molar-refractivity contribution in [2.75, 3.05) is 0 Å². The van der Waals surface area contributed by atoms with E-state index in [1.54, 1.807) is 12.4 Å². The fraction of sp³-hybridized carbons (Fsp3) is 0. The van der Waals surface area contributed by atoms with Gasteiger partial charge in [-0.25, -0.2) is 9.97 Å². The molecule has 0 radical (unpaired) electrons. The molecule has 0 spiro atoms. The molecule has 0 saturated heterocycles. The predicted octanol–water partition coefficient (Wildman–Crippen LogP) is 8.33. The highest BCUT2D eigenvalue weighted by atomic mass is 14.7. The van der Waals surface area contributed by atoms with Crippen LogP contribution >= 0.6 is 0 Å². The highest BCUT2D eigenvalue weighted by molar-refractivity contribution is 5.91. The topological polar surface area (TPSA) is 38.7 Å². The highest BCUT2D eigenvalue weighted by Gasteiger charge is 2.07. The van der Waals surface area contributed by atoms with Crippen LogP contribution < -0.4 is 0 Å². The summed E-state index contributed by atoms with van der Waals surface area (Å²) in [6.07, 6.45) is 3.60. The van der Waals surface area contributed by atoms with Crippen LogP contribution in [0.15, 0.2) is 128 Å². The maximum atomic E-state index is 5.03. The lowest BCUT2D eigenvalue weighted by Gasteiger charge is -2.09. The van der Waals surface area contributed by atoms with Gasteiger partial charge in [-0.2, -0.15) is 0 Å². The molecule has 3 nitrogen and oxygen atoms in total. The van der Waals surface area contributed by atoms with Gasteiger partial charge in [-0.15, -0.1) is 0 Å². The molecule has 3 heteroatoms. The van der Waals surface area contributed by atoms with E-state index in [1.807, 2.05) is 12.1 Å². The molecule has 3 heterocycles. The van der Waals surface area contributed by atoms with Crippen LogP contribution in [0, 0.1) is 0 Å². The predicted molar refractivity (Wildman–Crippen MR) is 149 cm³/mol. The van der Waals surface area contributed by atoms with Crippen LogP contribution in [0.1, 0.15) is 0 Å². The highest BCUT2D eigenvalue weighted by Crippen LogP contribution is 2.30. The fourth-order valence-electron chi connectivity index (χ4n) is 4.79. The maximum Gasteiger partial charge on any atom is 0.0715 e. The molecule has 0 bridgehead atoms. The lowest BCUT2D eigenvalue weighted by Crippen LogP contribution is -1.88. The average molecular weight is 460 g/mol. The molecule has 0 fully saturated rings. The van der Waals surface area contributed by atoms with E-state index in [2.05, 4.69) is 108 Å². The summed E-state index contributed by atoms with van der Waals surface area (Å²) in [7, 11) is 0. The van der Waals surface area contributed by atoms with E-state index in [9.17, 15) is 0 Å². The van der Waals surface area contributed by atoms with Gasteiger partial charge in [0.2, 0.25) is 0 Å². The van der Waals surface area contributed by atoms with Crippen LogP contribution in [0.5, 0.6) is 0 Å². The summed E-state index contributed by atoms with van der Waals surface area (Å²) in [6.45, 7) is 0. The minimum atomic E-state index is 0.947. The number of rotatable bonds is 3. The zero-order chi connectivity index (χ0) is 23.9. The number of aromatic nitrogens is 3. The Hall–Kier alpha value is -4.89. The summed E-state index contributed by atoms with van der Waals surface area (Å²) < 4.78 is 0. The lowest BCUT2D eigenvalue weighted by atomic mass is 10.0. The smallest absolute Gasteiger partial charge is 0.0715 e. The van der Waals surface area contributed by atoms with Gasteiger partial charge in [-0.3, -0.25) is 4.98 Å². The Balaban J connectivity index is 1.30. The van der Waals surface area contributed by atoms with Crippen LogP contribution in [-0.2, 0) is 0 Å². The minimum Gasteiger partial charge on any atom is -0.265 e. The van der Waals surface area contributed by atoms with Crippen molar-refractivity contribution in [3.05, 3.63) is 128 Å². The third kappa shape index (κ3) is 3.68. The number of nitrogens with zero attached hydrogens (tertiary/aromatic N) is 3. The van der Waals surface area contributed by atoms with Gasteiger partial charge in [-0.1, -0.05) is 72.8 Å². The van der Waals surface area contributed by atoms with Crippen LogP contribution in [0.3, 0.4) is 0 Å². The van der Waals surface area contributed by atoms with Gasteiger partial charge < -0.3 is 0 Å². The largest absolute Gasteiger partial charge is 0.265 e. The molecule has 7 aromatic rings. The first kappa shape index (κ1) is 20.5. The summed E-state index contributed by atoms with van der Waals surface area (Å²) in [5.74, 6) is 0. The van der Waals surface area contributed by atoms with Gasteiger partial charge >= 0.3 is 0 Å². The molecule has 0 unspecified atom stereocenters. The molecule has 0 aliphatic heterocycles. The van der Waals surface area contributed by atoms with Crippen molar-refractivity contribution in [3.63, 3.8) is 0 Å². The quantitative estimate of drug-likeness (QED) is 0.267. The molecular formula is C33H21N3. The van der Waals surface area contributed by atoms with E-state index < -0.39 is 0 Å². The second kappa shape index (κ2) is 8.40. The number of hydrogen-bond acceptors (Lipinski definition) is 3. The summed E-state index contributed by atoms with van der Waals surface area (Å²) in [5, 5.41) is 4.71. The van der Waals surface area contributed by atoms with Crippen molar-refractivity contribution < 1.29 is 0 Å². The summed E-state index contributed by atoms with van der Waals surface area (Å²) in [4.78, 5) is 14.1. The zero-order valence-corrected chi connectivity index (χ0v) is 19.5. The average Bonchev–Trinajstić information content (AvgIpc) is 2.96. The van der Waals surface area contributed by atoms with Gasteiger partial charge in [0.05, 0.1) is 22.4 Å². The maximum absolute atomic E-state index is 5.03. The van der Waals surface area contributed by atoms with E-state index >= 15 is 0 Å². The third-order valence-corrected chi connectivity index (χ3v) is 6.74. The van der Waals surface area contributed by atoms with Crippen molar-refractivity contribution in [1.29, 1.82) is 0 Å². The summed E-state index contributed by atoms with van der Waals surface area (Å²) >= 11 is 0. The lowest BCUT2D eigenvalue weighted by molar-refractivity contribution is 1.31. The Morgan fingerprint density at radius 1 is 0.361 bits per heavy atom. The van der Waals surface area contributed by atoms with Gasteiger partial charge in [0.25, 0.3) is 0 Å². The van der Waals surface area contributed by atoms with Crippen LogP contribution in [0.2, 0.25) is 0 Å². The van der Waals surface area contributed by atoms with Crippen molar-refractivity contribution in [2.24, 2.45) is 0 Å². The van der Waals surface area contributed by atoms with Gasteiger partial charge in [0.1, 0.15) is 0 Å². The molecule has 7 rings (SSSR count). The van der Waals surface area contributed by atoms with Gasteiger partial charge in [0.15, 0.2) is 0 Å². The van der Waals surface area contributed by atoms with E-state index in [-0.39, 0.29) is 0 Å². The van der Waals surface area contributed by atoms with E-state index in [1.165, 1.54) is 10.8 Å². The van der Waals surface area contributed by atoms with Crippen molar-refractivity contribution in [2.45, 2.75) is 0 Å². The van der Waals surface area contributed by atoms with E-state index in [4.69, 9.17) is 9.97 Å². The summed E-state index contributed by atoms with van der Waals surface area (Å²) in [5.41, 5.74) is 8.32. The Morgan fingerprint density at radius 3 is 1.56 bits per heavy atom. The molecule has 36 heavy (non-hydrogen) atoms. The van der Waals surface area contributed by atoms with Crippen molar-refractivity contribution in [1.82, 2.24) is 15.0 Å². The Labute approximate surface area is 208 Å². The molecular weight excluding hydrogens is 438 g/mol. The second-order valence-electron chi connectivity index (χ2n) is 9.01. The molecule has 168 valence electrons. The Morgan fingerprint density at radius 2 is 0.889 bits per heavy atom. The van der Waals surface area contributed by atoms with E-state index in [0.29, 0.717) is 0 Å². The molecule has 0 amide bonds. The SMILES string of the molecule is c1ccc2cc(-c3ccc4ccc(-c5ccc6ccc(-c7ccncc7)nc6c5)cc4n3)ccc2c1. The zero-order valence-electron chi connectivity index (χ0n) is 19.5. The van der Waals surface area contributed by atoms with Crippen molar-refractivity contribution >= 4 is 32.6 Å². The fourth-order valence-corrected chi connectivity index (χ4v) is 4.79. The van der Waals surface area contributed by atoms with Crippen LogP contribution in [0.25, 0.3) is 66.2 Å². The molecule has 0 aliphatic rings. The number of benzene rings is 4. The molecule has 0 aliphatic carbocycles. The van der Waals surface area contributed by atoms with Gasteiger partial charge in [-0.05, 0) is 64.4 Å². The molecule has 0 atom stereocenters. The van der Waals surface area contributed by atoms with Crippen molar-refractivity contribution in [3.8, 4) is 33.6 Å². The normalized spacial score (nSPS) is 11.3. The number of pyridine rings is 3. The standard InChI is InChI=1S/C33H21N3/c1-2-4-26-19-29(10-5-22(26)3-1)31-14-12-24-7-9-28(21-33(24)36-31)27-8-6-23-11-13-30(35-32(23)20-27)25-15-17-34-18-16-25/h1-21H. The minimum absolute atomic E-state index is 0.947. The molecule has 4 aromatic carbocycles. The first-order valence-electron chi connectivity index (χ1n) is 12.0. The third-order valence-electron chi connectivity index (χ3n) is 6.74.